The number of likely N-dealkylation sites (N-methyl/N-ethyl adjacent to an activating group) is 1. The average molecular weight is 245 g/mol. The van der Waals surface area contributed by atoms with Gasteiger partial charge in [-0.15, -0.1) is 0 Å². The van der Waals surface area contributed by atoms with Gasteiger partial charge < -0.3 is 10.2 Å². The van der Waals surface area contributed by atoms with Gasteiger partial charge in [0.25, 0.3) is 0 Å². The lowest BCUT2D eigenvalue weighted by molar-refractivity contribution is -0.141. The van der Waals surface area contributed by atoms with E-state index in [9.17, 15) is 13.2 Å². The molecule has 0 spiro atoms. The number of halogens is 3. The molecule has 2 rings (SSSR count). The smallest absolute Gasteiger partial charge is 0.355 e. The van der Waals surface area contributed by atoms with Crippen LogP contribution in [-0.4, -0.2) is 31.2 Å². The Bertz CT molecular complexity index is 386. The van der Waals surface area contributed by atoms with Gasteiger partial charge in [-0.05, 0) is 25.1 Å². The summed E-state index contributed by atoms with van der Waals surface area (Å²) in [6.07, 6.45) is -3.46. The van der Waals surface area contributed by atoms with Crippen molar-refractivity contribution in [3.05, 3.63) is 23.9 Å². The van der Waals surface area contributed by atoms with E-state index < -0.39 is 11.9 Å². The Morgan fingerprint density at radius 2 is 2.18 bits per heavy atom. The van der Waals surface area contributed by atoms with Crippen molar-refractivity contribution in [3.63, 3.8) is 0 Å². The largest absolute Gasteiger partial charge is 0.433 e. The molecule has 94 valence electrons. The molecule has 3 nitrogen and oxygen atoms in total. The molecule has 0 radical (unpaired) electrons. The number of hydrogen-bond donors (Lipinski definition) is 1. The Morgan fingerprint density at radius 1 is 1.41 bits per heavy atom. The second kappa shape index (κ2) is 4.52. The quantitative estimate of drug-likeness (QED) is 0.862. The first-order valence-corrected chi connectivity index (χ1v) is 5.46. The van der Waals surface area contributed by atoms with Gasteiger partial charge in [0.1, 0.15) is 11.5 Å². The van der Waals surface area contributed by atoms with Crippen LogP contribution >= 0.6 is 0 Å². The average Bonchev–Trinajstić information content (AvgIpc) is 2.80. The fraction of sp³-hybridized carbons (Fsp3) is 0.545. The molecule has 6 heteroatoms. The lowest BCUT2D eigenvalue weighted by atomic mass is 10.2. The maximum atomic E-state index is 12.5. The summed E-state index contributed by atoms with van der Waals surface area (Å²) in [5, 5.41) is 3.18. The van der Waals surface area contributed by atoms with Gasteiger partial charge in [-0.2, -0.15) is 13.2 Å². The van der Waals surface area contributed by atoms with Crippen LogP contribution in [0.3, 0.4) is 0 Å². The van der Waals surface area contributed by atoms with E-state index in [1.165, 1.54) is 6.07 Å². The first kappa shape index (κ1) is 12.2. The predicted molar refractivity (Wildman–Crippen MR) is 58.9 cm³/mol. The zero-order valence-electron chi connectivity index (χ0n) is 9.46. The third-order valence-corrected chi connectivity index (χ3v) is 2.97. The molecular weight excluding hydrogens is 231 g/mol. The summed E-state index contributed by atoms with van der Waals surface area (Å²) in [4.78, 5) is 5.46. The van der Waals surface area contributed by atoms with E-state index >= 15 is 0 Å². The normalized spacial score (nSPS) is 20.6. The summed E-state index contributed by atoms with van der Waals surface area (Å²) in [5.41, 5.74) is -0.840. The minimum atomic E-state index is -4.38. The van der Waals surface area contributed by atoms with Gasteiger partial charge in [0.15, 0.2) is 0 Å². The number of nitrogens with zero attached hydrogens (tertiary/aromatic N) is 2. The summed E-state index contributed by atoms with van der Waals surface area (Å²) in [5.74, 6) is 0.369. The monoisotopic (exact) mass is 245 g/mol. The molecule has 17 heavy (non-hydrogen) atoms. The summed E-state index contributed by atoms with van der Waals surface area (Å²) in [6, 6.07) is 4.20. The molecule has 0 bridgehead atoms. The molecule has 0 aliphatic carbocycles. The van der Waals surface area contributed by atoms with Crippen LogP contribution in [0.2, 0.25) is 0 Å². The van der Waals surface area contributed by atoms with Crippen LogP contribution < -0.4 is 10.2 Å². The van der Waals surface area contributed by atoms with Crippen LogP contribution in [0.5, 0.6) is 0 Å². The van der Waals surface area contributed by atoms with Crippen LogP contribution in [0, 0.1) is 0 Å². The van der Waals surface area contributed by atoms with E-state index in [-0.39, 0.29) is 6.04 Å². The van der Waals surface area contributed by atoms with Crippen molar-refractivity contribution in [2.24, 2.45) is 0 Å². The molecule has 1 atom stereocenters. The molecule has 1 N–H and O–H groups in total. The topological polar surface area (TPSA) is 28.2 Å². The van der Waals surface area contributed by atoms with Gasteiger partial charge in [-0.3, -0.25) is 0 Å². The summed E-state index contributed by atoms with van der Waals surface area (Å²) in [7, 11) is 1.78. The van der Waals surface area contributed by atoms with E-state index in [2.05, 4.69) is 10.3 Å². The van der Waals surface area contributed by atoms with Gasteiger partial charge in [0.05, 0.1) is 0 Å². The number of hydrogen-bond acceptors (Lipinski definition) is 3. The highest BCUT2D eigenvalue weighted by atomic mass is 19.4. The minimum absolute atomic E-state index is 0.214. The summed E-state index contributed by atoms with van der Waals surface area (Å²) >= 11 is 0. The molecule has 1 fully saturated rings. The van der Waals surface area contributed by atoms with Crippen molar-refractivity contribution < 1.29 is 13.2 Å². The van der Waals surface area contributed by atoms with Crippen molar-refractivity contribution >= 4 is 5.82 Å². The highest BCUT2D eigenvalue weighted by Crippen LogP contribution is 2.29. The molecule has 2 heterocycles. The van der Waals surface area contributed by atoms with Crippen molar-refractivity contribution in [2.75, 3.05) is 25.0 Å². The zero-order chi connectivity index (χ0) is 12.5. The Labute approximate surface area is 97.6 Å². The third kappa shape index (κ3) is 2.69. The van der Waals surface area contributed by atoms with E-state index in [4.69, 9.17) is 0 Å². The third-order valence-electron chi connectivity index (χ3n) is 2.97. The maximum Gasteiger partial charge on any atom is 0.433 e. The van der Waals surface area contributed by atoms with E-state index in [1.54, 1.807) is 18.0 Å². The molecular formula is C11H14F3N3. The number of pyridine rings is 1. The first-order valence-electron chi connectivity index (χ1n) is 5.46. The van der Waals surface area contributed by atoms with E-state index in [0.29, 0.717) is 5.82 Å². The molecule has 1 aromatic rings. The van der Waals surface area contributed by atoms with Crippen LogP contribution in [0.4, 0.5) is 19.0 Å². The molecule has 0 amide bonds. The Kier molecular flexibility index (Phi) is 3.24. The fourth-order valence-corrected chi connectivity index (χ4v) is 1.93. The SMILES string of the molecule is CN(c1cccc(C(F)(F)F)n1)C1CCNC1. The molecule has 1 aromatic heterocycles. The van der Waals surface area contributed by atoms with Crippen molar-refractivity contribution in [1.29, 1.82) is 0 Å². The highest BCUT2D eigenvalue weighted by Gasteiger charge is 2.33. The molecule has 1 unspecified atom stereocenters. The van der Waals surface area contributed by atoms with Gasteiger partial charge in [0.2, 0.25) is 0 Å². The van der Waals surface area contributed by atoms with Gasteiger partial charge in [-0.25, -0.2) is 4.98 Å². The lowest BCUT2D eigenvalue weighted by Gasteiger charge is -2.25. The van der Waals surface area contributed by atoms with Crippen molar-refractivity contribution in [2.45, 2.75) is 18.6 Å². The zero-order valence-corrected chi connectivity index (χ0v) is 9.46. The molecule has 0 aromatic carbocycles. The lowest BCUT2D eigenvalue weighted by Crippen LogP contribution is -2.34. The minimum Gasteiger partial charge on any atom is -0.355 e. The standard InChI is InChI=1S/C11H14F3N3/c1-17(8-5-6-15-7-8)10-4-2-3-9(16-10)11(12,13)14/h2-4,8,15H,5-7H2,1H3. The first-order chi connectivity index (χ1) is 7.98. The fourth-order valence-electron chi connectivity index (χ4n) is 1.93. The van der Waals surface area contributed by atoms with Crippen LogP contribution in [0.15, 0.2) is 18.2 Å². The van der Waals surface area contributed by atoms with E-state index in [0.717, 1.165) is 25.6 Å². The number of anilines is 1. The Morgan fingerprint density at radius 3 is 2.76 bits per heavy atom. The number of aromatic nitrogens is 1. The summed E-state index contributed by atoms with van der Waals surface area (Å²) in [6.45, 7) is 1.68. The number of alkyl halides is 3. The number of rotatable bonds is 2. The van der Waals surface area contributed by atoms with Crippen LogP contribution in [-0.2, 0) is 6.18 Å². The number of nitrogens with one attached hydrogen (secondary N) is 1. The second-order valence-corrected chi connectivity index (χ2v) is 4.14. The maximum absolute atomic E-state index is 12.5. The molecule has 1 saturated heterocycles. The van der Waals surface area contributed by atoms with Crippen LogP contribution in [0.1, 0.15) is 12.1 Å². The van der Waals surface area contributed by atoms with Gasteiger partial charge >= 0.3 is 6.18 Å². The van der Waals surface area contributed by atoms with Crippen molar-refractivity contribution in [1.82, 2.24) is 10.3 Å². The molecule has 1 aliphatic heterocycles. The van der Waals surface area contributed by atoms with Gasteiger partial charge in [0, 0.05) is 19.6 Å². The molecule has 1 aliphatic rings. The molecule has 0 saturated carbocycles. The summed E-state index contributed by atoms with van der Waals surface area (Å²) < 4.78 is 37.5. The second-order valence-electron chi connectivity index (χ2n) is 4.14. The van der Waals surface area contributed by atoms with E-state index in [1.807, 2.05) is 0 Å². The van der Waals surface area contributed by atoms with Crippen molar-refractivity contribution in [3.8, 4) is 0 Å². The Balaban J connectivity index is 2.20. The highest BCUT2D eigenvalue weighted by molar-refractivity contribution is 5.40. The predicted octanol–water partition coefficient (Wildman–Crippen LogP) is 1.90. The Hall–Kier alpha value is -1.30. The van der Waals surface area contributed by atoms with Crippen LogP contribution in [0.25, 0.3) is 0 Å². The van der Waals surface area contributed by atoms with Gasteiger partial charge in [-0.1, -0.05) is 6.07 Å².